The first-order valence-corrected chi connectivity index (χ1v) is 6.18. The van der Waals surface area contributed by atoms with Gasteiger partial charge >= 0.3 is 0 Å². The number of rotatable bonds is 5. The second kappa shape index (κ2) is 6.04. The van der Waals surface area contributed by atoms with Gasteiger partial charge in [0.1, 0.15) is 5.75 Å². The van der Waals surface area contributed by atoms with E-state index in [1.54, 1.807) is 18.2 Å². The Kier molecular flexibility index (Phi) is 4.98. The van der Waals surface area contributed by atoms with Crippen LogP contribution in [0, 0.1) is 0 Å². The average Bonchev–Trinajstić information content (AvgIpc) is 2.15. The second-order valence-electron chi connectivity index (χ2n) is 2.88. The summed E-state index contributed by atoms with van der Waals surface area (Å²) >= 11 is 7.74. The molecule has 4 heteroatoms. The minimum absolute atomic E-state index is 0.578. The van der Waals surface area contributed by atoms with Crippen molar-refractivity contribution >= 4 is 29.1 Å². The third-order valence-electron chi connectivity index (χ3n) is 1.71. The largest absolute Gasteiger partial charge is 0.492 e. The van der Waals surface area contributed by atoms with Crippen LogP contribution in [0.2, 0.25) is 5.02 Å². The van der Waals surface area contributed by atoms with Crippen molar-refractivity contribution in [3.63, 3.8) is 0 Å². The second-order valence-corrected chi connectivity index (χ2v) is 4.28. The van der Waals surface area contributed by atoms with Crippen LogP contribution in [0.15, 0.2) is 18.2 Å². The summed E-state index contributed by atoms with van der Waals surface area (Å²) in [6, 6.07) is 5.29. The molecule has 1 rings (SSSR count). The van der Waals surface area contributed by atoms with Crippen molar-refractivity contribution in [2.24, 2.45) is 0 Å². The summed E-state index contributed by atoms with van der Waals surface area (Å²) in [5, 5.41) is 0.578. The molecule has 0 aliphatic heterocycles. The maximum atomic E-state index is 5.93. The number of nitrogens with two attached hydrogens (primary N) is 1. The minimum atomic E-state index is 0.578. The molecular formula is C10H14ClNOS. The summed E-state index contributed by atoms with van der Waals surface area (Å²) < 4.78 is 5.49. The first-order chi connectivity index (χ1) is 6.74. The molecular weight excluding hydrogens is 218 g/mol. The van der Waals surface area contributed by atoms with Crippen LogP contribution in [-0.2, 0) is 0 Å². The van der Waals surface area contributed by atoms with Crippen LogP contribution in [0.5, 0.6) is 5.75 Å². The molecule has 0 saturated heterocycles. The van der Waals surface area contributed by atoms with Crippen LogP contribution in [-0.4, -0.2) is 18.6 Å². The molecule has 78 valence electrons. The Morgan fingerprint density at radius 2 is 2.29 bits per heavy atom. The zero-order valence-electron chi connectivity index (χ0n) is 8.13. The van der Waals surface area contributed by atoms with Gasteiger partial charge in [-0.3, -0.25) is 0 Å². The van der Waals surface area contributed by atoms with Gasteiger partial charge in [0.05, 0.1) is 11.6 Å². The van der Waals surface area contributed by atoms with Gasteiger partial charge in [-0.2, -0.15) is 11.8 Å². The predicted molar refractivity (Wildman–Crippen MR) is 64.4 cm³/mol. The Bertz CT molecular complexity index is 293. The molecule has 0 amide bonds. The fourth-order valence-electron chi connectivity index (χ4n) is 1.02. The molecule has 0 fully saturated rings. The number of ether oxygens (including phenoxy) is 1. The summed E-state index contributed by atoms with van der Waals surface area (Å²) in [5.41, 5.74) is 6.22. The van der Waals surface area contributed by atoms with Gasteiger partial charge in [-0.05, 0) is 36.6 Å². The lowest BCUT2D eigenvalue weighted by molar-refractivity contribution is 0.319. The van der Waals surface area contributed by atoms with Gasteiger partial charge in [0.2, 0.25) is 0 Å². The summed E-state index contributed by atoms with van der Waals surface area (Å²) in [7, 11) is 0. The van der Waals surface area contributed by atoms with Crippen molar-refractivity contribution in [2.75, 3.05) is 24.3 Å². The summed E-state index contributed by atoms with van der Waals surface area (Å²) in [4.78, 5) is 0. The molecule has 0 aliphatic rings. The number of nitrogen functional groups attached to an aromatic ring is 1. The van der Waals surface area contributed by atoms with E-state index in [0.717, 1.165) is 12.2 Å². The van der Waals surface area contributed by atoms with E-state index >= 15 is 0 Å². The SMILES string of the molecule is CSCCCOc1ccc(N)cc1Cl. The Balaban J connectivity index is 2.42. The van der Waals surface area contributed by atoms with Crippen molar-refractivity contribution in [1.82, 2.24) is 0 Å². The number of thioether (sulfide) groups is 1. The first kappa shape index (κ1) is 11.5. The van der Waals surface area contributed by atoms with Crippen LogP contribution < -0.4 is 10.5 Å². The highest BCUT2D eigenvalue weighted by molar-refractivity contribution is 7.98. The maximum Gasteiger partial charge on any atom is 0.138 e. The van der Waals surface area contributed by atoms with Gasteiger partial charge in [0.15, 0.2) is 0 Å². The van der Waals surface area contributed by atoms with Gasteiger partial charge in [0.25, 0.3) is 0 Å². The van der Waals surface area contributed by atoms with Gasteiger partial charge < -0.3 is 10.5 Å². The van der Waals surface area contributed by atoms with Crippen LogP contribution in [0.1, 0.15) is 6.42 Å². The molecule has 0 heterocycles. The van der Waals surface area contributed by atoms with E-state index in [1.807, 2.05) is 11.8 Å². The number of halogens is 1. The van der Waals surface area contributed by atoms with E-state index in [0.29, 0.717) is 23.1 Å². The Hall–Kier alpha value is -0.540. The molecule has 14 heavy (non-hydrogen) atoms. The van der Waals surface area contributed by atoms with Crippen molar-refractivity contribution in [2.45, 2.75) is 6.42 Å². The summed E-state index contributed by atoms with van der Waals surface area (Å²) in [6.07, 6.45) is 3.11. The molecule has 0 saturated carbocycles. The smallest absolute Gasteiger partial charge is 0.138 e. The van der Waals surface area contributed by atoms with Gasteiger partial charge in [0, 0.05) is 5.69 Å². The predicted octanol–water partition coefficient (Wildman–Crippen LogP) is 3.05. The van der Waals surface area contributed by atoms with Crippen molar-refractivity contribution in [3.8, 4) is 5.75 Å². The highest BCUT2D eigenvalue weighted by Gasteiger charge is 2.00. The minimum Gasteiger partial charge on any atom is -0.492 e. The fraction of sp³-hybridized carbons (Fsp3) is 0.400. The molecule has 0 aromatic heterocycles. The number of benzene rings is 1. The van der Waals surface area contributed by atoms with Crippen LogP contribution in [0.4, 0.5) is 5.69 Å². The zero-order valence-corrected chi connectivity index (χ0v) is 9.70. The number of hydrogen-bond donors (Lipinski definition) is 1. The van der Waals surface area contributed by atoms with Crippen molar-refractivity contribution in [3.05, 3.63) is 23.2 Å². The van der Waals surface area contributed by atoms with Crippen LogP contribution >= 0.6 is 23.4 Å². The van der Waals surface area contributed by atoms with E-state index in [4.69, 9.17) is 22.1 Å². The molecule has 2 nitrogen and oxygen atoms in total. The Morgan fingerprint density at radius 3 is 2.93 bits per heavy atom. The van der Waals surface area contributed by atoms with E-state index in [-0.39, 0.29) is 0 Å². The van der Waals surface area contributed by atoms with Crippen molar-refractivity contribution in [1.29, 1.82) is 0 Å². The molecule has 0 unspecified atom stereocenters. The molecule has 1 aromatic carbocycles. The molecule has 0 atom stereocenters. The normalized spacial score (nSPS) is 10.1. The highest BCUT2D eigenvalue weighted by Crippen LogP contribution is 2.26. The number of hydrogen-bond acceptors (Lipinski definition) is 3. The maximum absolute atomic E-state index is 5.93. The number of anilines is 1. The average molecular weight is 232 g/mol. The Morgan fingerprint density at radius 1 is 1.50 bits per heavy atom. The molecule has 2 N–H and O–H groups in total. The van der Waals surface area contributed by atoms with E-state index in [9.17, 15) is 0 Å². The third kappa shape index (κ3) is 3.68. The molecule has 0 bridgehead atoms. The third-order valence-corrected chi connectivity index (χ3v) is 2.70. The lowest BCUT2D eigenvalue weighted by Gasteiger charge is -2.07. The van der Waals surface area contributed by atoms with Gasteiger partial charge in [-0.15, -0.1) is 0 Å². The molecule has 0 aliphatic carbocycles. The van der Waals surface area contributed by atoms with Crippen LogP contribution in [0.3, 0.4) is 0 Å². The lowest BCUT2D eigenvalue weighted by atomic mass is 10.3. The summed E-state index contributed by atoms with van der Waals surface area (Å²) in [6.45, 7) is 0.699. The van der Waals surface area contributed by atoms with E-state index < -0.39 is 0 Å². The van der Waals surface area contributed by atoms with Crippen molar-refractivity contribution < 1.29 is 4.74 Å². The van der Waals surface area contributed by atoms with Gasteiger partial charge in [-0.25, -0.2) is 0 Å². The molecule has 1 aromatic rings. The van der Waals surface area contributed by atoms with Gasteiger partial charge in [-0.1, -0.05) is 11.6 Å². The van der Waals surface area contributed by atoms with E-state index in [1.165, 1.54) is 0 Å². The topological polar surface area (TPSA) is 35.2 Å². The summed E-state index contributed by atoms with van der Waals surface area (Å²) in [5.74, 6) is 1.81. The first-order valence-electron chi connectivity index (χ1n) is 4.41. The fourth-order valence-corrected chi connectivity index (χ4v) is 1.67. The monoisotopic (exact) mass is 231 g/mol. The quantitative estimate of drug-likeness (QED) is 0.625. The highest BCUT2D eigenvalue weighted by atomic mass is 35.5. The Labute approximate surface area is 93.8 Å². The van der Waals surface area contributed by atoms with E-state index in [2.05, 4.69) is 6.26 Å². The standard InChI is InChI=1S/C10H14ClNOS/c1-14-6-2-5-13-10-4-3-8(12)7-9(10)11/h3-4,7H,2,5-6,12H2,1H3. The van der Waals surface area contributed by atoms with Crippen LogP contribution in [0.25, 0.3) is 0 Å². The zero-order chi connectivity index (χ0) is 10.4. The lowest BCUT2D eigenvalue weighted by Crippen LogP contribution is -1.99. The molecule has 0 radical (unpaired) electrons. The molecule has 0 spiro atoms.